The van der Waals surface area contributed by atoms with E-state index >= 15 is 0 Å². The highest BCUT2D eigenvalue weighted by Crippen LogP contribution is 2.26. The monoisotopic (exact) mass is 302 g/mol. The Morgan fingerprint density at radius 2 is 2.14 bits per heavy atom. The number of carbonyl (C=O) groups is 1. The van der Waals surface area contributed by atoms with Gasteiger partial charge in [-0.1, -0.05) is 23.7 Å². The van der Waals surface area contributed by atoms with E-state index in [-0.39, 0.29) is 0 Å². The lowest BCUT2D eigenvalue weighted by atomic mass is 10.1. The third kappa shape index (κ3) is 2.95. The van der Waals surface area contributed by atoms with Crippen LogP contribution in [0.1, 0.15) is 21.5 Å². The molecule has 3 rings (SSSR count). The molecule has 0 bridgehead atoms. The first-order chi connectivity index (χ1) is 10.1. The number of hydrogen-bond acceptors (Lipinski definition) is 3. The molecule has 0 atom stereocenters. The number of carbonyl (C=O) groups excluding carboxylic acids is 1. The number of hydrogen-bond donors (Lipinski definition) is 2. The van der Waals surface area contributed by atoms with Crippen LogP contribution < -0.4 is 15.8 Å². The Hall–Kier alpha value is -2.20. The van der Waals surface area contributed by atoms with Gasteiger partial charge in [-0.2, -0.15) is 0 Å². The highest BCUT2D eigenvalue weighted by molar-refractivity contribution is 6.34. The lowest BCUT2D eigenvalue weighted by Crippen LogP contribution is -2.11. The van der Waals surface area contributed by atoms with Crippen LogP contribution in [0.4, 0.5) is 5.69 Å². The molecular formula is C16H15ClN2O2. The molecule has 0 saturated carbocycles. The normalized spacial score (nSPS) is 12.6. The molecule has 0 unspecified atom stereocenters. The maximum absolute atomic E-state index is 11.1. The minimum absolute atomic E-state index is 0.330. The number of amides is 1. The number of anilines is 1. The van der Waals surface area contributed by atoms with Crippen LogP contribution in [0.5, 0.6) is 5.75 Å². The first kappa shape index (κ1) is 13.8. The van der Waals surface area contributed by atoms with Gasteiger partial charge in [0.25, 0.3) is 0 Å². The van der Waals surface area contributed by atoms with Crippen molar-refractivity contribution in [3.05, 3.63) is 58.1 Å². The predicted octanol–water partition coefficient (Wildman–Crippen LogP) is 2.99. The third-order valence-corrected chi connectivity index (χ3v) is 3.80. The molecule has 0 aromatic heterocycles. The fourth-order valence-electron chi connectivity index (χ4n) is 2.38. The zero-order valence-corrected chi connectivity index (χ0v) is 12.1. The molecular weight excluding hydrogens is 288 g/mol. The molecule has 0 fully saturated rings. The fraction of sp³-hybridized carbons (Fsp3) is 0.188. The van der Waals surface area contributed by atoms with Crippen molar-refractivity contribution >= 4 is 23.2 Å². The Bertz CT molecular complexity index is 701. The van der Waals surface area contributed by atoms with E-state index in [1.807, 2.05) is 12.1 Å². The van der Waals surface area contributed by atoms with Gasteiger partial charge in [-0.15, -0.1) is 0 Å². The standard InChI is InChI=1S/C16H15ClN2O2/c17-14-8-12(2-3-13(14)16(18)20)19-9-10-1-4-15-11(7-10)5-6-21-15/h1-4,7-8,19H,5-6,9H2,(H2,18,20). The molecule has 108 valence electrons. The molecule has 2 aromatic carbocycles. The van der Waals surface area contributed by atoms with Crippen molar-refractivity contribution in [1.82, 2.24) is 0 Å². The number of nitrogens with one attached hydrogen (secondary N) is 1. The number of ether oxygens (including phenoxy) is 1. The summed E-state index contributed by atoms with van der Waals surface area (Å²) in [6.07, 6.45) is 0.961. The van der Waals surface area contributed by atoms with E-state index in [2.05, 4.69) is 11.4 Å². The largest absolute Gasteiger partial charge is 0.493 e. The van der Waals surface area contributed by atoms with E-state index in [1.165, 1.54) is 11.1 Å². The van der Waals surface area contributed by atoms with Gasteiger partial charge in [0, 0.05) is 18.7 Å². The van der Waals surface area contributed by atoms with E-state index in [9.17, 15) is 4.79 Å². The van der Waals surface area contributed by atoms with Gasteiger partial charge < -0.3 is 15.8 Å². The Morgan fingerprint density at radius 3 is 2.90 bits per heavy atom. The van der Waals surface area contributed by atoms with Crippen molar-refractivity contribution in [3.8, 4) is 5.75 Å². The summed E-state index contributed by atoms with van der Waals surface area (Å²) < 4.78 is 5.49. The van der Waals surface area contributed by atoms with Crippen LogP contribution in [0.3, 0.4) is 0 Å². The zero-order chi connectivity index (χ0) is 14.8. The fourth-order valence-corrected chi connectivity index (χ4v) is 2.65. The summed E-state index contributed by atoms with van der Waals surface area (Å²) in [5.41, 5.74) is 8.83. The summed E-state index contributed by atoms with van der Waals surface area (Å²) in [6, 6.07) is 11.3. The lowest BCUT2D eigenvalue weighted by molar-refractivity contribution is 0.100. The summed E-state index contributed by atoms with van der Waals surface area (Å²) in [7, 11) is 0. The van der Waals surface area contributed by atoms with Crippen LogP contribution in [0.25, 0.3) is 0 Å². The molecule has 1 heterocycles. The second kappa shape index (κ2) is 5.66. The molecule has 21 heavy (non-hydrogen) atoms. The Morgan fingerprint density at radius 1 is 1.29 bits per heavy atom. The number of halogens is 1. The van der Waals surface area contributed by atoms with Gasteiger partial charge in [0.2, 0.25) is 5.91 Å². The van der Waals surface area contributed by atoms with Gasteiger partial charge in [0.05, 0.1) is 17.2 Å². The average Bonchev–Trinajstić information content (AvgIpc) is 2.92. The smallest absolute Gasteiger partial charge is 0.250 e. The van der Waals surface area contributed by atoms with Crippen molar-refractivity contribution in [1.29, 1.82) is 0 Å². The Kier molecular flexibility index (Phi) is 3.71. The molecule has 2 aromatic rings. The average molecular weight is 303 g/mol. The quantitative estimate of drug-likeness (QED) is 0.912. The van der Waals surface area contributed by atoms with Crippen LogP contribution in [-0.2, 0) is 13.0 Å². The third-order valence-electron chi connectivity index (χ3n) is 3.49. The molecule has 0 saturated heterocycles. The van der Waals surface area contributed by atoms with Gasteiger partial charge in [-0.25, -0.2) is 0 Å². The number of nitrogens with two attached hydrogens (primary N) is 1. The molecule has 3 N–H and O–H groups in total. The highest BCUT2D eigenvalue weighted by Gasteiger charge is 2.12. The summed E-state index contributed by atoms with van der Waals surface area (Å²) >= 11 is 6.03. The van der Waals surface area contributed by atoms with Crippen LogP contribution in [0.2, 0.25) is 5.02 Å². The van der Waals surface area contributed by atoms with Crippen LogP contribution in [-0.4, -0.2) is 12.5 Å². The number of primary amides is 1. The molecule has 1 amide bonds. The van der Waals surface area contributed by atoms with E-state index in [0.29, 0.717) is 17.1 Å². The molecule has 0 spiro atoms. The summed E-state index contributed by atoms with van der Waals surface area (Å²) in [5, 5.41) is 3.64. The van der Waals surface area contributed by atoms with Gasteiger partial charge in [-0.3, -0.25) is 4.79 Å². The second-order valence-corrected chi connectivity index (χ2v) is 5.36. The molecule has 1 aliphatic heterocycles. The minimum Gasteiger partial charge on any atom is -0.493 e. The van der Waals surface area contributed by atoms with Gasteiger partial charge in [-0.05, 0) is 35.4 Å². The van der Waals surface area contributed by atoms with E-state index in [0.717, 1.165) is 24.5 Å². The van der Waals surface area contributed by atoms with E-state index < -0.39 is 5.91 Å². The van der Waals surface area contributed by atoms with E-state index in [4.69, 9.17) is 22.1 Å². The summed E-state index contributed by atoms with van der Waals surface area (Å²) in [6.45, 7) is 1.44. The molecule has 0 radical (unpaired) electrons. The van der Waals surface area contributed by atoms with E-state index in [1.54, 1.807) is 18.2 Å². The van der Waals surface area contributed by atoms with Crippen molar-refractivity contribution in [2.24, 2.45) is 5.73 Å². The van der Waals surface area contributed by atoms with Gasteiger partial charge in [0.1, 0.15) is 5.75 Å². The Labute approximate surface area is 127 Å². The van der Waals surface area contributed by atoms with Crippen LogP contribution in [0.15, 0.2) is 36.4 Å². The van der Waals surface area contributed by atoms with Crippen LogP contribution in [0, 0.1) is 0 Å². The van der Waals surface area contributed by atoms with Gasteiger partial charge in [0.15, 0.2) is 0 Å². The predicted molar refractivity (Wildman–Crippen MR) is 82.9 cm³/mol. The van der Waals surface area contributed by atoms with Crippen molar-refractivity contribution < 1.29 is 9.53 Å². The number of fused-ring (bicyclic) bond motifs is 1. The summed E-state index contributed by atoms with van der Waals surface area (Å²) in [5.74, 6) is 0.456. The van der Waals surface area contributed by atoms with Gasteiger partial charge >= 0.3 is 0 Å². The maximum atomic E-state index is 11.1. The lowest BCUT2D eigenvalue weighted by Gasteiger charge is -2.09. The highest BCUT2D eigenvalue weighted by atomic mass is 35.5. The molecule has 5 heteroatoms. The van der Waals surface area contributed by atoms with Crippen molar-refractivity contribution in [2.45, 2.75) is 13.0 Å². The number of benzene rings is 2. The first-order valence-corrected chi connectivity index (χ1v) is 7.09. The minimum atomic E-state index is -0.523. The number of rotatable bonds is 4. The second-order valence-electron chi connectivity index (χ2n) is 4.95. The van der Waals surface area contributed by atoms with Crippen molar-refractivity contribution in [3.63, 3.8) is 0 Å². The van der Waals surface area contributed by atoms with Crippen molar-refractivity contribution in [2.75, 3.05) is 11.9 Å². The molecule has 1 aliphatic rings. The zero-order valence-electron chi connectivity index (χ0n) is 11.4. The maximum Gasteiger partial charge on any atom is 0.250 e. The van der Waals surface area contributed by atoms with Crippen LogP contribution >= 0.6 is 11.6 Å². The molecule has 0 aliphatic carbocycles. The topological polar surface area (TPSA) is 64.4 Å². The first-order valence-electron chi connectivity index (χ1n) is 6.71. The summed E-state index contributed by atoms with van der Waals surface area (Å²) in [4.78, 5) is 11.1. The Balaban J connectivity index is 1.70. The molecule has 4 nitrogen and oxygen atoms in total. The SMILES string of the molecule is NC(=O)c1ccc(NCc2ccc3c(c2)CCO3)cc1Cl.